The summed E-state index contributed by atoms with van der Waals surface area (Å²) in [6, 6.07) is 4.41. The van der Waals surface area contributed by atoms with Crippen LogP contribution in [0, 0.1) is 16.7 Å². The summed E-state index contributed by atoms with van der Waals surface area (Å²) in [5.41, 5.74) is 1.77. The minimum atomic E-state index is -0.538. The number of hydrogen-bond donors (Lipinski definition) is 1. The van der Waals surface area contributed by atoms with E-state index in [2.05, 4.69) is 51.5 Å². The van der Waals surface area contributed by atoms with E-state index < -0.39 is 5.92 Å². The lowest BCUT2D eigenvalue weighted by Gasteiger charge is -2.27. The van der Waals surface area contributed by atoms with Gasteiger partial charge in [-0.3, -0.25) is 9.98 Å². The van der Waals surface area contributed by atoms with Crippen LogP contribution in [0.4, 0.5) is 0 Å². The van der Waals surface area contributed by atoms with Crippen molar-refractivity contribution in [3.05, 3.63) is 52.7 Å². The highest BCUT2D eigenvalue weighted by Gasteiger charge is 2.32. The molecule has 0 saturated heterocycles. The molecule has 0 fully saturated rings. The normalized spacial score (nSPS) is 25.6. The molecule has 3 unspecified atom stereocenters. The number of allylic oxidation sites excluding steroid dienone is 2. The minimum Gasteiger partial charge on any atom is -0.463 e. The Labute approximate surface area is 180 Å². The number of thioether (sulfide) groups is 1. The van der Waals surface area contributed by atoms with Crippen molar-refractivity contribution in [2.75, 3.05) is 26.7 Å². The predicted octanol–water partition coefficient (Wildman–Crippen LogP) is 3.06. The molecule has 0 radical (unpaired) electrons. The van der Waals surface area contributed by atoms with Crippen molar-refractivity contribution in [3.63, 3.8) is 0 Å². The fourth-order valence-corrected chi connectivity index (χ4v) is 4.55. The van der Waals surface area contributed by atoms with Crippen LogP contribution in [0.25, 0.3) is 0 Å². The molecule has 0 bridgehead atoms. The summed E-state index contributed by atoms with van der Waals surface area (Å²) in [5.74, 6) is -0.538. The summed E-state index contributed by atoms with van der Waals surface area (Å²) < 4.78 is 5.93. The lowest BCUT2D eigenvalue weighted by molar-refractivity contribution is 0.192. The van der Waals surface area contributed by atoms with Gasteiger partial charge in [-0.05, 0) is 31.2 Å². The van der Waals surface area contributed by atoms with Gasteiger partial charge in [-0.15, -0.1) is 0 Å². The SMILES string of the molecule is CNCC1=CCC(C)(COc2nccc(C(C#N)C3=NC4CN=CC=C4S3)n2)C=C1. The molecule has 1 aromatic rings. The molecule has 0 saturated carbocycles. The largest absolute Gasteiger partial charge is 0.463 e. The lowest BCUT2D eigenvalue weighted by atomic mass is 9.83. The van der Waals surface area contributed by atoms with E-state index in [0.29, 0.717) is 18.8 Å². The Morgan fingerprint density at radius 3 is 3.10 bits per heavy atom. The van der Waals surface area contributed by atoms with Crippen molar-refractivity contribution in [1.82, 2.24) is 15.3 Å². The molecule has 3 atom stereocenters. The van der Waals surface area contributed by atoms with Crippen LogP contribution in [0.2, 0.25) is 0 Å². The smallest absolute Gasteiger partial charge is 0.316 e. The van der Waals surface area contributed by atoms with Gasteiger partial charge in [-0.2, -0.15) is 10.2 Å². The summed E-state index contributed by atoms with van der Waals surface area (Å²) in [5, 5.41) is 13.7. The van der Waals surface area contributed by atoms with Crippen LogP contribution in [0.15, 0.2) is 57.0 Å². The van der Waals surface area contributed by atoms with E-state index in [9.17, 15) is 5.26 Å². The third-order valence-electron chi connectivity index (χ3n) is 5.23. The molecule has 1 N–H and O–H groups in total. The second kappa shape index (κ2) is 8.94. The van der Waals surface area contributed by atoms with Gasteiger partial charge < -0.3 is 10.1 Å². The number of aliphatic imine (C=N–C) groups is 2. The van der Waals surface area contributed by atoms with Gasteiger partial charge in [0.2, 0.25) is 0 Å². The molecule has 1 aromatic heterocycles. The maximum atomic E-state index is 9.79. The van der Waals surface area contributed by atoms with Crippen LogP contribution in [0.5, 0.6) is 6.01 Å². The van der Waals surface area contributed by atoms with Crippen LogP contribution < -0.4 is 10.1 Å². The average Bonchev–Trinajstić information content (AvgIpc) is 3.19. The second-order valence-electron chi connectivity index (χ2n) is 7.78. The topological polar surface area (TPSA) is 95.5 Å². The lowest BCUT2D eigenvalue weighted by Crippen LogP contribution is -2.25. The van der Waals surface area contributed by atoms with Crippen molar-refractivity contribution >= 4 is 23.0 Å². The molecule has 0 spiro atoms. The van der Waals surface area contributed by atoms with Crippen molar-refractivity contribution in [1.29, 1.82) is 5.26 Å². The van der Waals surface area contributed by atoms with E-state index in [1.54, 1.807) is 30.2 Å². The van der Waals surface area contributed by atoms with Gasteiger partial charge in [0.15, 0.2) is 0 Å². The molecule has 2 aliphatic heterocycles. The number of nitrogens with one attached hydrogen (secondary N) is 1. The molecular formula is C22H24N6OS. The number of aromatic nitrogens is 2. The summed E-state index contributed by atoms with van der Waals surface area (Å²) in [6.07, 6.45) is 12.9. The Hall–Kier alpha value is -2.76. The number of likely N-dealkylation sites (N-methyl/N-ethyl adjacent to an activating group) is 1. The van der Waals surface area contributed by atoms with E-state index in [1.807, 2.05) is 13.1 Å². The van der Waals surface area contributed by atoms with Gasteiger partial charge in [0.1, 0.15) is 18.6 Å². The van der Waals surface area contributed by atoms with E-state index in [-0.39, 0.29) is 17.5 Å². The first-order valence-corrected chi connectivity index (χ1v) is 10.8. The molecule has 3 aliphatic rings. The summed E-state index contributed by atoms with van der Waals surface area (Å²) >= 11 is 1.54. The first-order valence-electron chi connectivity index (χ1n) is 9.94. The second-order valence-corrected chi connectivity index (χ2v) is 8.88. The minimum absolute atomic E-state index is 0.0299. The first-order chi connectivity index (χ1) is 14.6. The Morgan fingerprint density at radius 2 is 2.37 bits per heavy atom. The summed E-state index contributed by atoms with van der Waals surface area (Å²) in [4.78, 5) is 18.8. The zero-order valence-corrected chi connectivity index (χ0v) is 17.9. The molecule has 154 valence electrons. The van der Waals surface area contributed by atoms with Crippen molar-refractivity contribution in [2.24, 2.45) is 15.4 Å². The third-order valence-corrected chi connectivity index (χ3v) is 6.42. The molecule has 4 rings (SSSR count). The van der Waals surface area contributed by atoms with Crippen molar-refractivity contribution in [2.45, 2.75) is 25.3 Å². The van der Waals surface area contributed by atoms with Crippen molar-refractivity contribution < 1.29 is 4.74 Å². The molecule has 3 heterocycles. The summed E-state index contributed by atoms with van der Waals surface area (Å²) in [7, 11) is 1.94. The highest BCUT2D eigenvalue weighted by atomic mass is 32.2. The van der Waals surface area contributed by atoms with Crippen LogP contribution in [-0.4, -0.2) is 54.0 Å². The number of rotatable bonds is 7. The number of nitrogens with zero attached hydrogens (tertiary/aromatic N) is 5. The quantitative estimate of drug-likeness (QED) is 0.728. The van der Waals surface area contributed by atoms with Crippen LogP contribution in [-0.2, 0) is 0 Å². The van der Waals surface area contributed by atoms with Gasteiger partial charge in [-0.1, -0.05) is 36.9 Å². The zero-order valence-electron chi connectivity index (χ0n) is 17.1. The maximum absolute atomic E-state index is 9.79. The molecule has 7 nitrogen and oxygen atoms in total. The van der Waals surface area contributed by atoms with Gasteiger partial charge in [0.05, 0.1) is 23.4 Å². The molecule has 0 amide bonds. The van der Waals surface area contributed by atoms with Gasteiger partial charge >= 0.3 is 6.01 Å². The maximum Gasteiger partial charge on any atom is 0.316 e. The highest BCUT2D eigenvalue weighted by Crippen LogP contribution is 2.38. The zero-order chi connectivity index (χ0) is 21.0. The molecular weight excluding hydrogens is 396 g/mol. The van der Waals surface area contributed by atoms with Gasteiger partial charge in [0, 0.05) is 29.3 Å². The van der Waals surface area contributed by atoms with E-state index in [4.69, 9.17) is 9.73 Å². The Balaban J connectivity index is 1.43. The standard InChI is InChI=1S/C22H24N6OS/c1-22(7-3-15(4-8-22)12-24-2)14-29-21-26-10-5-17(28-21)16(11-23)20-27-18-13-25-9-6-19(18)30-20/h3-7,9-10,16,18,24H,8,12-14H2,1-2H3. The number of fused-ring (bicyclic) bond motifs is 1. The highest BCUT2D eigenvalue weighted by molar-refractivity contribution is 8.17. The number of dihydropyridines is 1. The van der Waals surface area contributed by atoms with Gasteiger partial charge in [0.25, 0.3) is 0 Å². The monoisotopic (exact) mass is 420 g/mol. The van der Waals surface area contributed by atoms with E-state index in [1.165, 1.54) is 5.57 Å². The summed E-state index contributed by atoms with van der Waals surface area (Å²) in [6.45, 7) is 4.12. The first kappa shape index (κ1) is 20.5. The molecule has 8 heteroatoms. The van der Waals surface area contributed by atoms with Gasteiger partial charge in [-0.25, -0.2) is 4.98 Å². The van der Waals surface area contributed by atoms with E-state index in [0.717, 1.165) is 22.9 Å². The fraction of sp³-hybridized carbons (Fsp3) is 0.409. The third kappa shape index (κ3) is 4.53. The number of ether oxygens (including phenoxy) is 1. The predicted molar refractivity (Wildman–Crippen MR) is 120 cm³/mol. The molecule has 1 aliphatic carbocycles. The molecule has 30 heavy (non-hydrogen) atoms. The number of nitriles is 1. The number of hydrogen-bond acceptors (Lipinski definition) is 8. The van der Waals surface area contributed by atoms with Crippen LogP contribution in [0.3, 0.4) is 0 Å². The molecule has 0 aromatic carbocycles. The average molecular weight is 421 g/mol. The van der Waals surface area contributed by atoms with Crippen molar-refractivity contribution in [3.8, 4) is 12.1 Å². The Bertz CT molecular complexity index is 1010. The Kier molecular flexibility index (Phi) is 6.11. The Morgan fingerprint density at radius 1 is 1.47 bits per heavy atom. The fourth-order valence-electron chi connectivity index (χ4n) is 3.44. The van der Waals surface area contributed by atoms with E-state index >= 15 is 0 Å². The van der Waals surface area contributed by atoms with Crippen LogP contribution >= 0.6 is 11.8 Å². The van der Waals surface area contributed by atoms with Crippen LogP contribution in [0.1, 0.15) is 25.0 Å².